The van der Waals surface area contributed by atoms with Crippen LogP contribution in [-0.2, 0) is 19.1 Å². The Kier molecular flexibility index (Phi) is 5.22. The minimum atomic E-state index is -1.27. The third-order valence-corrected chi connectivity index (χ3v) is 5.16. The second kappa shape index (κ2) is 6.74. The van der Waals surface area contributed by atoms with E-state index in [2.05, 4.69) is 0 Å². The van der Waals surface area contributed by atoms with Crippen molar-refractivity contribution >= 4 is 24.0 Å². The van der Waals surface area contributed by atoms with Crippen molar-refractivity contribution in [1.82, 2.24) is 4.90 Å². The van der Waals surface area contributed by atoms with Crippen LogP contribution in [-0.4, -0.2) is 63.5 Å². The first-order valence-electron chi connectivity index (χ1n) is 8.47. The Balaban J connectivity index is 1.78. The van der Waals surface area contributed by atoms with Crippen LogP contribution in [0.3, 0.4) is 0 Å². The Morgan fingerprint density at radius 1 is 1.40 bits per heavy atom. The third-order valence-electron chi connectivity index (χ3n) is 5.16. The molecule has 2 aliphatic rings. The maximum Gasteiger partial charge on any atom is 0.305 e. The molecule has 2 aliphatic heterocycles. The van der Waals surface area contributed by atoms with Crippen molar-refractivity contribution in [3.8, 4) is 0 Å². The molecule has 25 heavy (non-hydrogen) atoms. The maximum absolute atomic E-state index is 12.0. The molecule has 0 aromatic carbocycles. The summed E-state index contributed by atoms with van der Waals surface area (Å²) in [4.78, 5) is 36.0. The van der Waals surface area contributed by atoms with Crippen LogP contribution >= 0.6 is 0 Å². The number of amides is 2. The molecule has 0 bridgehead atoms. The van der Waals surface area contributed by atoms with Gasteiger partial charge in [-0.3, -0.25) is 19.3 Å². The topological polar surface area (TPSA) is 110 Å². The summed E-state index contributed by atoms with van der Waals surface area (Å²) in [6.07, 6.45) is 0.488. The second-order valence-electron chi connectivity index (χ2n) is 7.87. The highest BCUT2D eigenvalue weighted by atomic mass is 16.5. The summed E-state index contributed by atoms with van der Waals surface area (Å²) in [5, 5.41) is 21.3. The van der Waals surface area contributed by atoms with E-state index in [9.17, 15) is 24.7 Å². The molecule has 2 rings (SSSR count). The van der Waals surface area contributed by atoms with Crippen LogP contribution in [0.25, 0.3) is 0 Å². The lowest BCUT2D eigenvalue weighted by Gasteiger charge is -2.30. The first-order valence-corrected chi connectivity index (χ1v) is 8.47. The van der Waals surface area contributed by atoms with Crippen LogP contribution in [0.4, 0.5) is 0 Å². The summed E-state index contributed by atoms with van der Waals surface area (Å²) in [6.45, 7) is 7.72. The number of hydroxylamine groups is 1. The van der Waals surface area contributed by atoms with E-state index in [0.29, 0.717) is 0 Å². The SMILES string of the molecule is CC1(C)C=[N+]([O-])C(C)(C)C1COC(=O)CCCN1C(=O)CC(O)C1=O. The monoisotopic (exact) mass is 354 g/mol. The highest BCUT2D eigenvalue weighted by molar-refractivity contribution is 6.04. The minimum Gasteiger partial charge on any atom is -0.624 e. The van der Waals surface area contributed by atoms with Crippen molar-refractivity contribution < 1.29 is 29.0 Å². The van der Waals surface area contributed by atoms with Gasteiger partial charge in [0, 0.05) is 26.8 Å². The zero-order chi connectivity index (χ0) is 19.0. The lowest BCUT2D eigenvalue weighted by atomic mass is 9.73. The fourth-order valence-electron chi connectivity index (χ4n) is 3.57. The van der Waals surface area contributed by atoms with E-state index in [0.717, 1.165) is 9.64 Å². The van der Waals surface area contributed by atoms with E-state index in [4.69, 9.17) is 4.74 Å². The Hall–Kier alpha value is -1.96. The fraction of sp³-hybridized carbons (Fsp3) is 0.765. The highest BCUT2D eigenvalue weighted by Gasteiger charge is 2.53. The lowest BCUT2D eigenvalue weighted by Crippen LogP contribution is -2.42. The maximum atomic E-state index is 12.0. The lowest BCUT2D eigenvalue weighted by molar-refractivity contribution is -0.536. The largest absolute Gasteiger partial charge is 0.624 e. The van der Waals surface area contributed by atoms with Gasteiger partial charge in [0.25, 0.3) is 5.91 Å². The molecule has 0 aliphatic carbocycles. The number of aliphatic hydroxyl groups is 1. The highest BCUT2D eigenvalue weighted by Crippen LogP contribution is 2.40. The summed E-state index contributed by atoms with van der Waals surface area (Å²) >= 11 is 0. The normalized spacial score (nSPS) is 27.6. The molecule has 0 spiro atoms. The van der Waals surface area contributed by atoms with E-state index < -0.39 is 29.4 Å². The fourth-order valence-corrected chi connectivity index (χ4v) is 3.57. The Labute approximate surface area is 147 Å². The smallest absolute Gasteiger partial charge is 0.305 e. The molecule has 0 aromatic rings. The Morgan fingerprint density at radius 3 is 2.52 bits per heavy atom. The molecule has 2 heterocycles. The van der Waals surface area contributed by atoms with Crippen LogP contribution in [0.2, 0.25) is 0 Å². The number of ether oxygens (including phenoxy) is 1. The van der Waals surface area contributed by atoms with Crippen LogP contribution in [0.15, 0.2) is 0 Å². The first kappa shape index (κ1) is 19.4. The number of likely N-dealkylation sites (tertiary alicyclic amines) is 1. The molecule has 2 amide bonds. The van der Waals surface area contributed by atoms with Gasteiger partial charge in [-0.25, -0.2) is 4.74 Å². The summed E-state index contributed by atoms with van der Waals surface area (Å²) < 4.78 is 6.24. The van der Waals surface area contributed by atoms with Gasteiger partial charge in [-0.2, -0.15) is 0 Å². The molecule has 2 atom stereocenters. The van der Waals surface area contributed by atoms with Gasteiger partial charge in [0.2, 0.25) is 5.91 Å². The number of nitrogens with zero attached hydrogens (tertiary/aromatic N) is 2. The number of hydrogen-bond acceptors (Lipinski definition) is 6. The van der Waals surface area contributed by atoms with Gasteiger partial charge in [-0.1, -0.05) is 0 Å². The summed E-state index contributed by atoms with van der Waals surface area (Å²) in [5.74, 6) is -1.61. The number of carbonyl (C=O) groups excluding carboxylic acids is 3. The molecule has 1 N–H and O–H groups in total. The zero-order valence-electron chi connectivity index (χ0n) is 15.2. The van der Waals surface area contributed by atoms with Crippen molar-refractivity contribution in [2.24, 2.45) is 11.3 Å². The molecular formula is C17H26N2O6. The van der Waals surface area contributed by atoms with Gasteiger partial charge < -0.3 is 15.1 Å². The average molecular weight is 354 g/mol. The predicted octanol–water partition coefficient (Wildman–Crippen LogP) is 0.445. The molecule has 1 fully saturated rings. The summed E-state index contributed by atoms with van der Waals surface area (Å²) in [5.41, 5.74) is -1.04. The van der Waals surface area contributed by atoms with Crippen molar-refractivity contribution in [3.63, 3.8) is 0 Å². The summed E-state index contributed by atoms with van der Waals surface area (Å²) in [6, 6.07) is 0. The molecule has 8 nitrogen and oxygen atoms in total. The molecule has 0 aromatic heterocycles. The average Bonchev–Trinajstić information content (AvgIpc) is 2.80. The van der Waals surface area contributed by atoms with Crippen molar-refractivity contribution in [3.05, 3.63) is 5.21 Å². The summed E-state index contributed by atoms with van der Waals surface area (Å²) in [7, 11) is 0. The minimum absolute atomic E-state index is 0.0610. The molecule has 0 saturated carbocycles. The number of esters is 1. The Morgan fingerprint density at radius 2 is 2.04 bits per heavy atom. The van der Waals surface area contributed by atoms with Crippen LogP contribution < -0.4 is 0 Å². The van der Waals surface area contributed by atoms with E-state index in [1.54, 1.807) is 6.21 Å². The Bertz CT molecular complexity index is 610. The van der Waals surface area contributed by atoms with E-state index in [1.807, 2.05) is 27.7 Å². The third kappa shape index (κ3) is 3.84. The predicted molar refractivity (Wildman–Crippen MR) is 88.6 cm³/mol. The van der Waals surface area contributed by atoms with Gasteiger partial charge in [-0.05, 0) is 20.3 Å². The molecule has 1 saturated heterocycles. The zero-order valence-corrected chi connectivity index (χ0v) is 15.2. The molecule has 0 radical (unpaired) electrons. The van der Waals surface area contributed by atoms with Gasteiger partial charge >= 0.3 is 5.97 Å². The van der Waals surface area contributed by atoms with Gasteiger partial charge in [0.1, 0.15) is 12.7 Å². The number of hydrogen-bond donors (Lipinski definition) is 1. The van der Waals surface area contributed by atoms with E-state index in [-0.39, 0.29) is 43.7 Å². The van der Waals surface area contributed by atoms with E-state index in [1.165, 1.54) is 0 Å². The van der Waals surface area contributed by atoms with Crippen LogP contribution in [0.5, 0.6) is 0 Å². The molecule has 140 valence electrons. The quantitative estimate of drug-likeness (QED) is 0.321. The van der Waals surface area contributed by atoms with Crippen molar-refractivity contribution in [1.29, 1.82) is 0 Å². The van der Waals surface area contributed by atoms with Crippen LogP contribution in [0.1, 0.15) is 47.0 Å². The second-order valence-corrected chi connectivity index (χ2v) is 7.87. The number of carbonyl (C=O) groups is 3. The van der Waals surface area contributed by atoms with E-state index >= 15 is 0 Å². The standard InChI is InChI=1S/C17H26N2O6/c1-16(2)10-19(24)17(3,4)12(16)9-25-14(22)6-5-7-18-13(21)8-11(20)15(18)23/h10-12,20H,5-9H2,1-4H3. The number of rotatable bonds is 6. The van der Waals surface area contributed by atoms with Gasteiger partial charge in [0.05, 0.1) is 17.8 Å². The van der Waals surface area contributed by atoms with Crippen molar-refractivity contribution in [2.75, 3.05) is 13.2 Å². The first-order chi connectivity index (χ1) is 11.5. The van der Waals surface area contributed by atoms with Gasteiger partial charge in [0.15, 0.2) is 11.8 Å². The van der Waals surface area contributed by atoms with Crippen LogP contribution in [0, 0.1) is 16.5 Å². The van der Waals surface area contributed by atoms with Gasteiger partial charge in [-0.15, -0.1) is 0 Å². The van der Waals surface area contributed by atoms with Crippen molar-refractivity contribution in [2.45, 2.75) is 58.6 Å². The molecular weight excluding hydrogens is 328 g/mol. The number of imide groups is 1. The molecule has 2 unspecified atom stereocenters. The molecule has 8 heteroatoms. The number of aliphatic hydroxyl groups excluding tert-OH is 1.